The van der Waals surface area contributed by atoms with Crippen molar-refractivity contribution in [2.45, 2.75) is 26.4 Å². The molecule has 0 radical (unpaired) electrons. The van der Waals surface area contributed by atoms with E-state index in [1.807, 2.05) is 13.8 Å². The van der Waals surface area contributed by atoms with Gasteiger partial charge < -0.3 is 14.5 Å². The molecule has 0 saturated heterocycles. The van der Waals surface area contributed by atoms with Gasteiger partial charge in [-0.2, -0.15) is 0 Å². The monoisotopic (exact) mass is 258 g/mol. The van der Waals surface area contributed by atoms with E-state index in [1.165, 1.54) is 4.57 Å². The number of fused-ring (bicyclic) bond motifs is 1. The lowest BCUT2D eigenvalue weighted by atomic mass is 10.2. The average Bonchev–Trinajstić information content (AvgIpc) is 2.77. The van der Waals surface area contributed by atoms with Crippen LogP contribution in [0, 0.1) is 6.92 Å². The van der Waals surface area contributed by atoms with E-state index in [2.05, 4.69) is 10.3 Å². The first-order valence-corrected chi connectivity index (χ1v) is 6.12. The molecule has 0 spiro atoms. The van der Waals surface area contributed by atoms with Gasteiger partial charge in [0.2, 0.25) is 0 Å². The fraction of sp³-hybridized carbons (Fsp3) is 0.308. The van der Waals surface area contributed by atoms with Crippen molar-refractivity contribution < 1.29 is 4.79 Å². The van der Waals surface area contributed by atoms with Crippen LogP contribution in [-0.2, 0) is 6.54 Å². The summed E-state index contributed by atoms with van der Waals surface area (Å²) in [7, 11) is 0. The third-order valence-corrected chi connectivity index (χ3v) is 3.21. The highest BCUT2D eigenvalue weighted by atomic mass is 16.2. The molecular formula is C13H14N4O2. The molecule has 1 amide bonds. The second-order valence-corrected chi connectivity index (χ2v) is 4.82. The minimum absolute atomic E-state index is 0.0440. The topological polar surface area (TPSA) is 68.9 Å². The van der Waals surface area contributed by atoms with E-state index in [0.29, 0.717) is 17.9 Å². The van der Waals surface area contributed by atoms with Gasteiger partial charge in [-0.05, 0) is 26.0 Å². The number of imidazole rings is 1. The average molecular weight is 258 g/mol. The molecule has 0 aliphatic carbocycles. The van der Waals surface area contributed by atoms with Gasteiger partial charge in [-0.3, -0.25) is 9.59 Å². The largest absolute Gasteiger partial charge is 0.347 e. The van der Waals surface area contributed by atoms with Crippen molar-refractivity contribution in [3.8, 4) is 5.69 Å². The summed E-state index contributed by atoms with van der Waals surface area (Å²) in [6.07, 6.45) is 3.39. The summed E-state index contributed by atoms with van der Waals surface area (Å²) in [4.78, 5) is 28.4. The Morgan fingerprint density at radius 3 is 2.84 bits per heavy atom. The number of hydrogen-bond acceptors (Lipinski definition) is 3. The summed E-state index contributed by atoms with van der Waals surface area (Å²) in [6.45, 7) is 4.23. The predicted molar refractivity (Wildman–Crippen MR) is 69.5 cm³/mol. The number of pyridine rings is 1. The van der Waals surface area contributed by atoms with Gasteiger partial charge in [0.15, 0.2) is 0 Å². The summed E-state index contributed by atoms with van der Waals surface area (Å²) in [6, 6.07) is 3.29. The zero-order valence-corrected chi connectivity index (χ0v) is 10.8. The van der Waals surface area contributed by atoms with Gasteiger partial charge in [-0.15, -0.1) is 0 Å². The number of nitrogens with zero attached hydrogens (tertiary/aromatic N) is 3. The Labute approximate surface area is 109 Å². The van der Waals surface area contributed by atoms with Crippen LogP contribution in [0.1, 0.15) is 23.1 Å². The molecule has 0 bridgehead atoms. The predicted octanol–water partition coefficient (Wildman–Crippen LogP) is 0.474. The molecule has 1 aliphatic heterocycles. The summed E-state index contributed by atoms with van der Waals surface area (Å²) in [5, 5.41) is 2.81. The van der Waals surface area contributed by atoms with Crippen molar-refractivity contribution in [3.63, 3.8) is 0 Å². The molecule has 3 rings (SSSR count). The molecule has 1 aliphatic rings. The lowest BCUT2D eigenvalue weighted by molar-refractivity contribution is 0.0903. The van der Waals surface area contributed by atoms with Gasteiger partial charge in [-0.25, -0.2) is 4.98 Å². The molecule has 1 atom stereocenters. The third kappa shape index (κ3) is 1.85. The smallest absolute Gasteiger partial charge is 0.275 e. The lowest BCUT2D eigenvalue weighted by Gasteiger charge is -2.24. The van der Waals surface area contributed by atoms with E-state index >= 15 is 0 Å². The van der Waals surface area contributed by atoms with Crippen molar-refractivity contribution in [2.75, 3.05) is 0 Å². The first-order chi connectivity index (χ1) is 9.06. The molecule has 98 valence electrons. The summed E-state index contributed by atoms with van der Waals surface area (Å²) in [5.74, 6) is -0.204. The van der Waals surface area contributed by atoms with E-state index in [0.717, 1.165) is 5.69 Å². The van der Waals surface area contributed by atoms with E-state index in [4.69, 9.17) is 0 Å². The lowest BCUT2D eigenvalue weighted by Crippen LogP contribution is -2.47. The molecule has 2 aromatic heterocycles. The summed E-state index contributed by atoms with van der Waals surface area (Å²) < 4.78 is 3.20. The highest BCUT2D eigenvalue weighted by Gasteiger charge is 2.23. The molecule has 2 aromatic rings. The molecular weight excluding hydrogens is 244 g/mol. The minimum atomic E-state index is -0.204. The Kier molecular flexibility index (Phi) is 2.51. The highest BCUT2D eigenvalue weighted by molar-refractivity contribution is 5.93. The second-order valence-electron chi connectivity index (χ2n) is 4.82. The van der Waals surface area contributed by atoms with Crippen molar-refractivity contribution in [2.24, 2.45) is 0 Å². The van der Waals surface area contributed by atoms with Crippen LogP contribution >= 0.6 is 0 Å². The van der Waals surface area contributed by atoms with E-state index in [-0.39, 0.29) is 17.5 Å². The molecule has 0 aromatic carbocycles. The van der Waals surface area contributed by atoms with Crippen LogP contribution in [0.4, 0.5) is 0 Å². The third-order valence-electron chi connectivity index (χ3n) is 3.21. The normalized spacial score (nSPS) is 18.0. The Morgan fingerprint density at radius 2 is 2.16 bits per heavy atom. The van der Waals surface area contributed by atoms with Crippen LogP contribution in [-0.4, -0.2) is 26.1 Å². The zero-order chi connectivity index (χ0) is 13.6. The van der Waals surface area contributed by atoms with Gasteiger partial charge in [0.1, 0.15) is 11.4 Å². The Balaban J connectivity index is 2.18. The maximum absolute atomic E-state index is 12.4. The number of hydrogen-bond donors (Lipinski definition) is 1. The Hall–Kier alpha value is -2.37. The van der Waals surface area contributed by atoms with Crippen LogP contribution in [0.2, 0.25) is 0 Å². The van der Waals surface area contributed by atoms with E-state index in [1.54, 1.807) is 29.2 Å². The molecule has 0 saturated carbocycles. The zero-order valence-electron chi connectivity index (χ0n) is 10.8. The Bertz CT molecular complexity index is 714. The fourth-order valence-electron chi connectivity index (χ4n) is 2.31. The van der Waals surface area contributed by atoms with Gasteiger partial charge >= 0.3 is 0 Å². The molecule has 0 fully saturated rings. The maximum atomic E-state index is 12.4. The second kappa shape index (κ2) is 4.08. The molecule has 6 heteroatoms. The highest BCUT2D eigenvalue weighted by Crippen LogP contribution is 2.10. The van der Waals surface area contributed by atoms with Crippen molar-refractivity contribution in [3.05, 3.63) is 46.4 Å². The molecule has 3 heterocycles. The molecule has 19 heavy (non-hydrogen) atoms. The van der Waals surface area contributed by atoms with E-state index in [9.17, 15) is 9.59 Å². The molecule has 1 unspecified atom stereocenters. The van der Waals surface area contributed by atoms with Gasteiger partial charge in [0.25, 0.3) is 11.5 Å². The fourth-order valence-corrected chi connectivity index (χ4v) is 2.31. The first-order valence-electron chi connectivity index (χ1n) is 6.12. The van der Waals surface area contributed by atoms with Gasteiger partial charge in [-0.1, -0.05) is 0 Å². The number of nitrogens with one attached hydrogen (secondary N) is 1. The Morgan fingerprint density at radius 1 is 1.37 bits per heavy atom. The molecule has 6 nitrogen and oxygen atoms in total. The van der Waals surface area contributed by atoms with Crippen molar-refractivity contribution in [1.29, 1.82) is 0 Å². The minimum Gasteiger partial charge on any atom is -0.347 e. The van der Waals surface area contributed by atoms with Crippen LogP contribution in [0.5, 0.6) is 0 Å². The van der Waals surface area contributed by atoms with Gasteiger partial charge in [0.05, 0.1) is 12.0 Å². The quantitative estimate of drug-likeness (QED) is 0.808. The van der Waals surface area contributed by atoms with Crippen LogP contribution < -0.4 is 10.9 Å². The van der Waals surface area contributed by atoms with Crippen molar-refractivity contribution in [1.82, 2.24) is 19.4 Å². The number of rotatable bonds is 1. The van der Waals surface area contributed by atoms with Gasteiger partial charge in [0, 0.05) is 18.8 Å². The maximum Gasteiger partial charge on any atom is 0.275 e. The number of carbonyl (C=O) groups excluding carboxylic acids is 1. The summed E-state index contributed by atoms with van der Waals surface area (Å²) in [5.41, 5.74) is 1.58. The molecule has 1 N–H and O–H groups in total. The number of aryl methyl sites for hydroxylation is 1. The van der Waals surface area contributed by atoms with E-state index < -0.39 is 0 Å². The number of amides is 1. The van der Waals surface area contributed by atoms with Crippen LogP contribution in [0.3, 0.4) is 0 Å². The first kappa shape index (κ1) is 11.7. The van der Waals surface area contributed by atoms with Crippen LogP contribution in [0.15, 0.2) is 29.5 Å². The standard InChI is InChI=1S/C13H14N4O2/c1-8-5-16(7-14-8)11-4-3-10-12(18)15-9(2)6-17(10)13(11)19/h3-5,7,9H,6H2,1-2H3,(H,15,18). The number of carbonyl (C=O) groups is 1. The van der Waals surface area contributed by atoms with Crippen molar-refractivity contribution >= 4 is 5.91 Å². The SMILES string of the molecule is Cc1cn(-c2ccc3n(c2=O)CC(C)NC3=O)cn1. The summed E-state index contributed by atoms with van der Waals surface area (Å²) >= 11 is 0. The number of aromatic nitrogens is 3. The van der Waals surface area contributed by atoms with Crippen LogP contribution in [0.25, 0.3) is 5.69 Å².